The number of carbonyl (C=O) groups is 1. The van der Waals surface area contributed by atoms with Crippen LogP contribution in [0.5, 0.6) is 0 Å². The van der Waals surface area contributed by atoms with Crippen LogP contribution in [0.15, 0.2) is 0 Å². The van der Waals surface area contributed by atoms with Crippen molar-refractivity contribution in [3.8, 4) is 0 Å². The van der Waals surface area contributed by atoms with E-state index in [9.17, 15) is 4.79 Å². The van der Waals surface area contributed by atoms with E-state index in [-0.39, 0.29) is 19.4 Å². The Morgan fingerprint density at radius 1 is 1.47 bits per heavy atom. The van der Waals surface area contributed by atoms with E-state index in [1.807, 2.05) is 6.92 Å². The van der Waals surface area contributed by atoms with E-state index < -0.39 is 0 Å². The maximum Gasteiger partial charge on any atom is 0.341 e. The van der Waals surface area contributed by atoms with Crippen LogP contribution in [0.3, 0.4) is 0 Å². The van der Waals surface area contributed by atoms with Crippen LogP contribution in [0.2, 0.25) is 0 Å². The van der Waals surface area contributed by atoms with Crippen molar-refractivity contribution in [3.05, 3.63) is 17.0 Å². The van der Waals surface area contributed by atoms with E-state index in [0.717, 1.165) is 5.69 Å². The summed E-state index contributed by atoms with van der Waals surface area (Å²) in [6, 6.07) is 0. The van der Waals surface area contributed by atoms with E-state index in [2.05, 4.69) is 5.10 Å². The lowest BCUT2D eigenvalue weighted by atomic mass is 10.2. The number of rotatable bonds is 6. The lowest BCUT2D eigenvalue weighted by Gasteiger charge is -2.04. The molecule has 0 aromatic carbocycles. The van der Waals surface area contributed by atoms with Gasteiger partial charge in [-0.2, -0.15) is 5.10 Å². The summed E-state index contributed by atoms with van der Waals surface area (Å²) < 4.78 is 16.6. The van der Waals surface area contributed by atoms with Gasteiger partial charge < -0.3 is 14.2 Å². The summed E-state index contributed by atoms with van der Waals surface area (Å²) in [5.74, 6) is -0.367. The zero-order valence-corrected chi connectivity index (χ0v) is 10.6. The fourth-order valence-corrected chi connectivity index (χ4v) is 1.47. The molecule has 1 aromatic heterocycles. The smallest absolute Gasteiger partial charge is 0.341 e. The van der Waals surface area contributed by atoms with E-state index in [1.54, 1.807) is 18.7 Å². The third-order valence-electron chi connectivity index (χ3n) is 2.33. The average molecular weight is 242 g/mol. The van der Waals surface area contributed by atoms with Gasteiger partial charge in [0.1, 0.15) is 18.1 Å². The minimum Gasteiger partial charge on any atom is -0.462 e. The number of methoxy groups -OCH3 is 1. The Morgan fingerprint density at radius 3 is 2.76 bits per heavy atom. The predicted molar refractivity (Wildman–Crippen MR) is 60.6 cm³/mol. The first-order chi connectivity index (χ1) is 8.11. The van der Waals surface area contributed by atoms with Crippen molar-refractivity contribution in [2.24, 2.45) is 7.05 Å². The first-order valence-corrected chi connectivity index (χ1v) is 5.38. The Kier molecular flexibility index (Phi) is 5.11. The van der Waals surface area contributed by atoms with Crippen LogP contribution in [0, 0.1) is 6.92 Å². The number of aryl methyl sites for hydroxylation is 1. The van der Waals surface area contributed by atoms with Crippen LogP contribution < -0.4 is 0 Å². The molecule has 0 N–H and O–H groups in total. The Balaban J connectivity index is 2.88. The van der Waals surface area contributed by atoms with Gasteiger partial charge in [0.05, 0.1) is 13.2 Å². The molecule has 1 rings (SSSR count). The molecule has 0 atom stereocenters. The molecule has 0 bridgehead atoms. The van der Waals surface area contributed by atoms with Crippen LogP contribution in [-0.2, 0) is 27.9 Å². The Bertz CT molecular complexity index is 387. The zero-order chi connectivity index (χ0) is 12.8. The summed E-state index contributed by atoms with van der Waals surface area (Å²) in [6.45, 7) is 4.32. The summed E-state index contributed by atoms with van der Waals surface area (Å²) in [5.41, 5.74) is 1.81. The van der Waals surface area contributed by atoms with Gasteiger partial charge in [0.25, 0.3) is 0 Å². The van der Waals surface area contributed by atoms with Crippen LogP contribution in [-0.4, -0.2) is 36.3 Å². The molecule has 6 heteroatoms. The van der Waals surface area contributed by atoms with Gasteiger partial charge in [0.15, 0.2) is 0 Å². The standard InChI is InChI=1S/C11H18N2O4/c1-5-17-11(14)10-8(2)13(3)12-9(10)6-16-7-15-4/h5-7H2,1-4H3. The molecule has 17 heavy (non-hydrogen) atoms. The van der Waals surface area contributed by atoms with Gasteiger partial charge in [-0.3, -0.25) is 4.68 Å². The molecule has 0 aliphatic rings. The average Bonchev–Trinajstić information content (AvgIpc) is 2.56. The van der Waals surface area contributed by atoms with E-state index in [0.29, 0.717) is 17.9 Å². The van der Waals surface area contributed by atoms with Gasteiger partial charge in [-0.25, -0.2) is 4.79 Å². The molecule has 0 aliphatic heterocycles. The molecule has 0 aliphatic carbocycles. The minimum absolute atomic E-state index is 0.165. The lowest BCUT2D eigenvalue weighted by molar-refractivity contribution is -0.0404. The molecule has 1 heterocycles. The minimum atomic E-state index is -0.367. The van der Waals surface area contributed by atoms with Crippen molar-refractivity contribution in [2.45, 2.75) is 20.5 Å². The highest BCUT2D eigenvalue weighted by Gasteiger charge is 2.20. The molecule has 1 aromatic rings. The fraction of sp³-hybridized carbons (Fsp3) is 0.636. The lowest BCUT2D eigenvalue weighted by Crippen LogP contribution is -2.09. The molecule has 0 amide bonds. The Morgan fingerprint density at radius 2 is 2.18 bits per heavy atom. The van der Waals surface area contributed by atoms with Gasteiger partial charge >= 0.3 is 5.97 Å². The number of esters is 1. The zero-order valence-electron chi connectivity index (χ0n) is 10.6. The number of nitrogens with zero attached hydrogens (tertiary/aromatic N) is 2. The molecule has 0 radical (unpaired) electrons. The van der Waals surface area contributed by atoms with Gasteiger partial charge in [-0.1, -0.05) is 0 Å². The summed E-state index contributed by atoms with van der Waals surface area (Å²) in [7, 11) is 3.31. The van der Waals surface area contributed by atoms with Crippen LogP contribution in [0.25, 0.3) is 0 Å². The normalized spacial score (nSPS) is 10.6. The maximum absolute atomic E-state index is 11.8. The van der Waals surface area contributed by atoms with Crippen LogP contribution in [0.4, 0.5) is 0 Å². The van der Waals surface area contributed by atoms with Crippen LogP contribution in [0.1, 0.15) is 28.7 Å². The number of hydrogen-bond donors (Lipinski definition) is 0. The third kappa shape index (κ3) is 3.28. The Hall–Kier alpha value is -1.40. The molecule has 6 nitrogen and oxygen atoms in total. The van der Waals surface area contributed by atoms with Crippen molar-refractivity contribution < 1.29 is 19.0 Å². The second-order valence-corrected chi connectivity index (χ2v) is 3.51. The largest absolute Gasteiger partial charge is 0.462 e. The molecular formula is C11H18N2O4. The van der Waals surface area contributed by atoms with E-state index >= 15 is 0 Å². The van der Waals surface area contributed by atoms with Gasteiger partial charge in [0.2, 0.25) is 0 Å². The molecule has 0 fully saturated rings. The highest BCUT2D eigenvalue weighted by atomic mass is 16.7. The number of ether oxygens (including phenoxy) is 3. The van der Waals surface area contributed by atoms with Crippen molar-refractivity contribution in [1.29, 1.82) is 0 Å². The number of carbonyl (C=O) groups excluding carboxylic acids is 1. The summed E-state index contributed by atoms with van der Waals surface area (Å²) in [6.07, 6.45) is 0. The van der Waals surface area contributed by atoms with Crippen molar-refractivity contribution in [3.63, 3.8) is 0 Å². The summed E-state index contributed by atoms with van der Waals surface area (Å²) in [5, 5.41) is 4.22. The van der Waals surface area contributed by atoms with Crippen LogP contribution >= 0.6 is 0 Å². The first kappa shape index (κ1) is 13.7. The maximum atomic E-state index is 11.8. The summed E-state index contributed by atoms with van der Waals surface area (Å²) >= 11 is 0. The molecule has 96 valence electrons. The SMILES string of the molecule is CCOC(=O)c1c(COCOC)nn(C)c1C. The molecular weight excluding hydrogens is 224 g/mol. The summed E-state index contributed by atoms with van der Waals surface area (Å²) in [4.78, 5) is 11.8. The Labute approximate surface area is 100 Å². The van der Waals surface area contributed by atoms with Gasteiger partial charge in [-0.15, -0.1) is 0 Å². The van der Waals surface area contributed by atoms with Gasteiger partial charge in [-0.05, 0) is 13.8 Å². The van der Waals surface area contributed by atoms with Crippen molar-refractivity contribution in [2.75, 3.05) is 20.5 Å². The van der Waals surface area contributed by atoms with Crippen molar-refractivity contribution in [1.82, 2.24) is 9.78 Å². The molecule has 0 saturated carbocycles. The van der Waals surface area contributed by atoms with E-state index in [4.69, 9.17) is 14.2 Å². The highest BCUT2D eigenvalue weighted by Crippen LogP contribution is 2.15. The molecule has 0 unspecified atom stereocenters. The van der Waals surface area contributed by atoms with Gasteiger partial charge in [0, 0.05) is 19.9 Å². The highest BCUT2D eigenvalue weighted by molar-refractivity contribution is 5.91. The number of aromatic nitrogens is 2. The molecule has 0 spiro atoms. The fourth-order valence-electron chi connectivity index (χ4n) is 1.47. The first-order valence-electron chi connectivity index (χ1n) is 5.38. The second kappa shape index (κ2) is 6.36. The van der Waals surface area contributed by atoms with Crippen molar-refractivity contribution >= 4 is 5.97 Å². The topological polar surface area (TPSA) is 62.6 Å². The second-order valence-electron chi connectivity index (χ2n) is 3.51. The third-order valence-corrected chi connectivity index (χ3v) is 2.33. The predicted octanol–water partition coefficient (Wildman–Crippen LogP) is 1.03. The number of hydrogen-bond acceptors (Lipinski definition) is 5. The van der Waals surface area contributed by atoms with E-state index in [1.165, 1.54) is 7.11 Å². The quantitative estimate of drug-likeness (QED) is 0.423. The monoisotopic (exact) mass is 242 g/mol. The molecule has 0 saturated heterocycles.